The Hall–Kier alpha value is -3.27. The topological polar surface area (TPSA) is 34.1 Å². The molecule has 5 rings (SSSR count). The molecule has 0 fully saturated rings. The minimum Gasteiger partial charge on any atom is -0.497 e. The van der Waals surface area contributed by atoms with Crippen LogP contribution in [0.2, 0.25) is 0 Å². The maximum absolute atomic E-state index is 6.37. The first-order valence-corrected chi connectivity index (χ1v) is 9.14. The fourth-order valence-corrected chi connectivity index (χ4v) is 3.83. The highest BCUT2D eigenvalue weighted by Crippen LogP contribution is 2.47. The van der Waals surface area contributed by atoms with Gasteiger partial charge in [-0.3, -0.25) is 0 Å². The Morgan fingerprint density at radius 2 is 1.67 bits per heavy atom. The second-order valence-electron chi connectivity index (χ2n) is 6.79. The summed E-state index contributed by atoms with van der Waals surface area (Å²) in [6.07, 6.45) is 0.619. The van der Waals surface area contributed by atoms with Crippen LogP contribution in [-0.4, -0.2) is 17.8 Å². The first-order chi connectivity index (χ1) is 13.3. The first-order valence-electron chi connectivity index (χ1n) is 9.14. The largest absolute Gasteiger partial charge is 0.497 e. The summed E-state index contributed by atoms with van der Waals surface area (Å²) in [5.74, 6) is 1.77. The van der Waals surface area contributed by atoms with Gasteiger partial charge in [0.1, 0.15) is 11.5 Å². The molecule has 2 aliphatic rings. The summed E-state index contributed by atoms with van der Waals surface area (Å²) in [5.41, 5.74) is 4.52. The summed E-state index contributed by atoms with van der Waals surface area (Å²) in [6, 6.07) is 26.8. The quantitative estimate of drug-likeness (QED) is 0.667. The highest BCUT2D eigenvalue weighted by Gasteiger charge is 2.40. The third-order valence-corrected chi connectivity index (χ3v) is 5.21. The van der Waals surface area contributed by atoms with Crippen molar-refractivity contribution in [1.29, 1.82) is 0 Å². The number of methoxy groups -OCH3 is 1. The van der Waals surface area contributed by atoms with E-state index < -0.39 is 0 Å². The minimum atomic E-state index is -0.253. The zero-order chi connectivity index (χ0) is 18.2. The van der Waals surface area contributed by atoms with E-state index in [1.165, 1.54) is 5.56 Å². The Morgan fingerprint density at radius 3 is 2.44 bits per heavy atom. The molecule has 3 aromatic carbocycles. The van der Waals surface area contributed by atoms with Crippen molar-refractivity contribution in [3.8, 4) is 11.5 Å². The van der Waals surface area contributed by atoms with Crippen molar-refractivity contribution in [2.45, 2.75) is 18.7 Å². The Balaban J connectivity index is 1.57. The van der Waals surface area contributed by atoms with Gasteiger partial charge in [-0.25, -0.2) is 5.01 Å². The van der Waals surface area contributed by atoms with E-state index in [1.807, 2.05) is 42.5 Å². The van der Waals surface area contributed by atoms with Crippen LogP contribution >= 0.6 is 0 Å². The molecule has 2 aliphatic heterocycles. The molecule has 0 radical (unpaired) electrons. The van der Waals surface area contributed by atoms with Gasteiger partial charge in [-0.2, -0.15) is 5.10 Å². The number of para-hydroxylation sites is 1. The van der Waals surface area contributed by atoms with Crippen LogP contribution < -0.4 is 9.47 Å². The summed E-state index contributed by atoms with van der Waals surface area (Å²) in [4.78, 5) is 0. The molecule has 4 heteroatoms. The third kappa shape index (κ3) is 2.74. The number of ether oxygens (including phenoxy) is 2. The van der Waals surface area contributed by atoms with Crippen molar-refractivity contribution in [1.82, 2.24) is 5.01 Å². The van der Waals surface area contributed by atoms with E-state index in [4.69, 9.17) is 14.6 Å². The zero-order valence-corrected chi connectivity index (χ0v) is 15.1. The molecule has 134 valence electrons. The lowest BCUT2D eigenvalue weighted by atomic mass is 9.96. The molecule has 0 spiro atoms. The zero-order valence-electron chi connectivity index (χ0n) is 15.1. The fourth-order valence-electron chi connectivity index (χ4n) is 3.83. The molecular formula is C23H20N2O2. The van der Waals surface area contributed by atoms with Gasteiger partial charge in [0.05, 0.1) is 18.9 Å². The number of benzene rings is 3. The SMILES string of the molecule is COc1ccc(C2Oc3ccccc3C3CC(c4ccccc4)=NN32)cc1. The van der Waals surface area contributed by atoms with Crippen LogP contribution in [0.15, 0.2) is 84.0 Å². The van der Waals surface area contributed by atoms with Gasteiger partial charge >= 0.3 is 0 Å². The first kappa shape index (κ1) is 15.9. The number of hydrogen-bond acceptors (Lipinski definition) is 4. The van der Waals surface area contributed by atoms with Crippen LogP contribution in [0.5, 0.6) is 11.5 Å². The molecule has 0 aliphatic carbocycles. The predicted octanol–water partition coefficient (Wildman–Crippen LogP) is 4.94. The Kier molecular flexibility index (Phi) is 3.82. The molecule has 0 aromatic heterocycles. The average Bonchev–Trinajstić information content (AvgIpc) is 3.20. The minimum absolute atomic E-state index is 0.178. The summed E-state index contributed by atoms with van der Waals surface area (Å²) in [5, 5.41) is 7.08. The molecule has 2 heterocycles. The Morgan fingerprint density at radius 1 is 0.926 bits per heavy atom. The standard InChI is InChI=1S/C23H20N2O2/c1-26-18-13-11-17(12-14-18)23-25-21(19-9-5-6-10-22(19)27-23)15-20(24-25)16-7-3-2-4-8-16/h2-14,21,23H,15H2,1H3. The van der Waals surface area contributed by atoms with Gasteiger partial charge in [0.25, 0.3) is 0 Å². The monoisotopic (exact) mass is 356 g/mol. The van der Waals surface area contributed by atoms with Gasteiger partial charge < -0.3 is 9.47 Å². The van der Waals surface area contributed by atoms with Gasteiger partial charge in [0, 0.05) is 17.5 Å². The normalized spacial score (nSPS) is 20.3. The van der Waals surface area contributed by atoms with Crippen molar-refractivity contribution in [2.24, 2.45) is 5.10 Å². The molecule has 0 saturated carbocycles. The summed E-state index contributed by atoms with van der Waals surface area (Å²) in [7, 11) is 1.68. The lowest BCUT2D eigenvalue weighted by Crippen LogP contribution is -2.33. The molecule has 0 N–H and O–H groups in total. The Bertz CT molecular complexity index is 983. The van der Waals surface area contributed by atoms with Crippen molar-refractivity contribution in [3.63, 3.8) is 0 Å². The Labute approximate surface area is 158 Å². The van der Waals surface area contributed by atoms with Crippen LogP contribution in [0.1, 0.15) is 35.4 Å². The predicted molar refractivity (Wildman–Crippen MR) is 105 cm³/mol. The molecule has 27 heavy (non-hydrogen) atoms. The van der Waals surface area contributed by atoms with E-state index in [-0.39, 0.29) is 12.3 Å². The average molecular weight is 356 g/mol. The maximum atomic E-state index is 6.37. The van der Waals surface area contributed by atoms with Gasteiger partial charge in [-0.1, -0.05) is 48.5 Å². The van der Waals surface area contributed by atoms with Crippen molar-refractivity contribution < 1.29 is 9.47 Å². The smallest absolute Gasteiger partial charge is 0.213 e. The van der Waals surface area contributed by atoms with E-state index in [2.05, 4.69) is 41.4 Å². The number of hydrazone groups is 1. The molecule has 2 atom stereocenters. The van der Waals surface area contributed by atoms with Crippen LogP contribution in [0.3, 0.4) is 0 Å². The van der Waals surface area contributed by atoms with Crippen molar-refractivity contribution in [2.75, 3.05) is 7.11 Å². The maximum Gasteiger partial charge on any atom is 0.213 e. The van der Waals surface area contributed by atoms with E-state index in [0.29, 0.717) is 0 Å². The highest BCUT2D eigenvalue weighted by molar-refractivity contribution is 6.01. The third-order valence-electron chi connectivity index (χ3n) is 5.21. The molecule has 0 bridgehead atoms. The van der Waals surface area contributed by atoms with Gasteiger partial charge in [-0.05, 0) is 35.9 Å². The van der Waals surface area contributed by atoms with Crippen LogP contribution in [0.25, 0.3) is 0 Å². The lowest BCUT2D eigenvalue weighted by molar-refractivity contribution is -0.0190. The van der Waals surface area contributed by atoms with E-state index in [0.717, 1.165) is 34.8 Å². The second-order valence-corrected chi connectivity index (χ2v) is 6.79. The summed E-state index contributed by atoms with van der Waals surface area (Å²) in [6.45, 7) is 0. The van der Waals surface area contributed by atoms with Crippen molar-refractivity contribution >= 4 is 5.71 Å². The molecule has 0 amide bonds. The number of rotatable bonds is 3. The lowest BCUT2D eigenvalue weighted by Gasteiger charge is -2.38. The molecule has 4 nitrogen and oxygen atoms in total. The van der Waals surface area contributed by atoms with E-state index >= 15 is 0 Å². The van der Waals surface area contributed by atoms with Crippen LogP contribution in [-0.2, 0) is 0 Å². The molecular weight excluding hydrogens is 336 g/mol. The number of nitrogens with zero attached hydrogens (tertiary/aromatic N) is 2. The summed E-state index contributed by atoms with van der Waals surface area (Å²) >= 11 is 0. The van der Waals surface area contributed by atoms with E-state index in [9.17, 15) is 0 Å². The second kappa shape index (κ2) is 6.47. The molecule has 0 saturated heterocycles. The van der Waals surface area contributed by atoms with Gasteiger partial charge in [0.2, 0.25) is 6.23 Å². The van der Waals surface area contributed by atoms with Gasteiger partial charge in [-0.15, -0.1) is 0 Å². The van der Waals surface area contributed by atoms with Gasteiger partial charge in [0.15, 0.2) is 0 Å². The van der Waals surface area contributed by atoms with Crippen molar-refractivity contribution in [3.05, 3.63) is 95.6 Å². The fraction of sp³-hybridized carbons (Fsp3) is 0.174. The highest BCUT2D eigenvalue weighted by atomic mass is 16.5. The summed E-state index contributed by atoms with van der Waals surface area (Å²) < 4.78 is 11.7. The van der Waals surface area contributed by atoms with E-state index in [1.54, 1.807) is 7.11 Å². The molecule has 3 aromatic rings. The van der Waals surface area contributed by atoms with Crippen LogP contribution in [0, 0.1) is 0 Å². The number of fused-ring (bicyclic) bond motifs is 3. The molecule has 2 unspecified atom stereocenters. The number of hydrogen-bond donors (Lipinski definition) is 0. The van der Waals surface area contributed by atoms with Crippen LogP contribution in [0.4, 0.5) is 0 Å².